The van der Waals surface area contributed by atoms with Gasteiger partial charge in [-0.3, -0.25) is 0 Å². The van der Waals surface area contributed by atoms with E-state index in [1.165, 1.54) is 4.52 Å². The van der Waals surface area contributed by atoms with Gasteiger partial charge in [0.1, 0.15) is 0 Å². The van der Waals surface area contributed by atoms with E-state index >= 15 is 0 Å². The van der Waals surface area contributed by atoms with Crippen molar-refractivity contribution in [3.05, 3.63) is 41.1 Å². The lowest BCUT2D eigenvalue weighted by atomic mass is 10.5. The molecule has 3 rings (SSSR count). The van der Waals surface area contributed by atoms with E-state index in [9.17, 15) is 4.79 Å². The van der Waals surface area contributed by atoms with Crippen molar-refractivity contribution in [3.63, 3.8) is 0 Å². The summed E-state index contributed by atoms with van der Waals surface area (Å²) in [6.07, 6.45) is 3.39. The second-order valence-corrected chi connectivity index (χ2v) is 2.94. The molecule has 3 heterocycles. The number of hydrogen-bond donors (Lipinski definition) is 1. The Morgan fingerprint density at radius 1 is 1.33 bits per heavy atom. The predicted octanol–water partition coefficient (Wildman–Crippen LogP) is -0.397. The number of hydrogen-bond acceptors (Lipinski definition) is 4. The van der Waals surface area contributed by atoms with E-state index < -0.39 is 0 Å². The molecule has 0 radical (unpaired) electrons. The lowest BCUT2D eigenvalue weighted by molar-refractivity contribution is 0.778. The topological polar surface area (TPSA) is 80.9 Å². The summed E-state index contributed by atoms with van der Waals surface area (Å²) >= 11 is 0. The maximum atomic E-state index is 11.3. The zero-order valence-electron chi connectivity index (χ0n) is 7.53. The van der Waals surface area contributed by atoms with Crippen LogP contribution in [-0.4, -0.2) is 29.6 Å². The SMILES string of the molecule is O=c1[nH]nc2ccc(-n3cccn3)nn12. The van der Waals surface area contributed by atoms with Crippen LogP contribution in [0.15, 0.2) is 35.4 Å². The first kappa shape index (κ1) is 7.92. The zero-order valence-corrected chi connectivity index (χ0v) is 7.53. The summed E-state index contributed by atoms with van der Waals surface area (Å²) in [7, 11) is 0. The van der Waals surface area contributed by atoms with Crippen LogP contribution < -0.4 is 5.69 Å². The van der Waals surface area contributed by atoms with E-state index in [2.05, 4.69) is 20.4 Å². The first-order chi connectivity index (χ1) is 7.34. The van der Waals surface area contributed by atoms with E-state index in [0.29, 0.717) is 11.5 Å². The Morgan fingerprint density at radius 2 is 2.27 bits per heavy atom. The van der Waals surface area contributed by atoms with Crippen LogP contribution in [0.4, 0.5) is 0 Å². The maximum Gasteiger partial charge on any atom is 0.364 e. The average molecular weight is 202 g/mol. The van der Waals surface area contributed by atoms with Crippen molar-refractivity contribution in [3.8, 4) is 5.82 Å². The monoisotopic (exact) mass is 202 g/mol. The van der Waals surface area contributed by atoms with Crippen LogP contribution >= 0.6 is 0 Å². The molecule has 0 fully saturated rings. The Labute approximate surface area is 83.0 Å². The molecule has 74 valence electrons. The van der Waals surface area contributed by atoms with E-state index in [4.69, 9.17) is 0 Å². The Morgan fingerprint density at radius 3 is 3.07 bits per heavy atom. The molecule has 1 N–H and O–H groups in total. The van der Waals surface area contributed by atoms with Crippen LogP contribution in [0.2, 0.25) is 0 Å². The molecule has 0 spiro atoms. The number of aromatic nitrogens is 6. The van der Waals surface area contributed by atoms with E-state index in [-0.39, 0.29) is 5.69 Å². The molecule has 0 unspecified atom stereocenters. The lowest BCUT2D eigenvalue weighted by Gasteiger charge is -1.98. The van der Waals surface area contributed by atoms with Crippen LogP contribution in [0.1, 0.15) is 0 Å². The zero-order chi connectivity index (χ0) is 10.3. The smallest absolute Gasteiger partial charge is 0.244 e. The minimum atomic E-state index is -0.362. The minimum absolute atomic E-state index is 0.362. The molecule has 0 saturated heterocycles. The van der Waals surface area contributed by atoms with Crippen LogP contribution in [0.5, 0.6) is 0 Å². The molecular formula is C8H6N6O. The maximum absolute atomic E-state index is 11.3. The van der Waals surface area contributed by atoms with Gasteiger partial charge in [0.05, 0.1) is 0 Å². The number of nitrogens with zero attached hydrogens (tertiary/aromatic N) is 5. The summed E-state index contributed by atoms with van der Waals surface area (Å²) in [6.45, 7) is 0. The first-order valence-electron chi connectivity index (χ1n) is 4.29. The van der Waals surface area contributed by atoms with Crippen molar-refractivity contribution in [2.75, 3.05) is 0 Å². The molecule has 0 aliphatic carbocycles. The summed E-state index contributed by atoms with van der Waals surface area (Å²) in [6, 6.07) is 5.22. The molecular weight excluding hydrogens is 196 g/mol. The quantitative estimate of drug-likeness (QED) is 0.582. The Balaban J connectivity index is 2.30. The van der Waals surface area contributed by atoms with Gasteiger partial charge in [0.15, 0.2) is 11.5 Å². The highest BCUT2D eigenvalue weighted by molar-refractivity contribution is 5.37. The Kier molecular flexibility index (Phi) is 1.46. The van der Waals surface area contributed by atoms with Gasteiger partial charge in [-0.1, -0.05) is 0 Å². The normalized spacial score (nSPS) is 10.9. The lowest BCUT2D eigenvalue weighted by Crippen LogP contribution is -2.14. The third-order valence-electron chi connectivity index (χ3n) is 2.00. The summed E-state index contributed by atoms with van der Waals surface area (Å²) in [4.78, 5) is 11.3. The minimum Gasteiger partial charge on any atom is -0.244 e. The van der Waals surface area contributed by atoms with Crippen molar-refractivity contribution in [2.45, 2.75) is 0 Å². The van der Waals surface area contributed by atoms with Crippen molar-refractivity contribution in [1.29, 1.82) is 0 Å². The fraction of sp³-hybridized carbons (Fsp3) is 0. The van der Waals surface area contributed by atoms with Crippen molar-refractivity contribution >= 4 is 5.65 Å². The number of nitrogens with one attached hydrogen (secondary N) is 1. The number of aromatic amines is 1. The molecule has 0 aliphatic rings. The van der Waals surface area contributed by atoms with Gasteiger partial charge < -0.3 is 0 Å². The summed E-state index contributed by atoms with van der Waals surface area (Å²) in [5.41, 5.74) is 0.120. The molecule has 0 atom stereocenters. The molecule has 0 amide bonds. The van der Waals surface area contributed by atoms with E-state index in [1.54, 1.807) is 35.3 Å². The Bertz CT molecular complexity index is 649. The molecule has 0 aromatic carbocycles. The molecule has 0 aliphatic heterocycles. The van der Waals surface area contributed by atoms with Crippen molar-refractivity contribution in [1.82, 2.24) is 29.6 Å². The van der Waals surface area contributed by atoms with Gasteiger partial charge in [0.2, 0.25) is 0 Å². The van der Waals surface area contributed by atoms with Crippen LogP contribution in [0.3, 0.4) is 0 Å². The van der Waals surface area contributed by atoms with Gasteiger partial charge in [-0.15, -0.1) is 5.10 Å². The van der Waals surface area contributed by atoms with Gasteiger partial charge >= 0.3 is 5.69 Å². The molecule has 15 heavy (non-hydrogen) atoms. The average Bonchev–Trinajstić information content (AvgIpc) is 2.88. The van der Waals surface area contributed by atoms with E-state index in [1.807, 2.05) is 0 Å². The third kappa shape index (κ3) is 1.13. The van der Waals surface area contributed by atoms with Crippen LogP contribution in [0.25, 0.3) is 11.5 Å². The third-order valence-corrected chi connectivity index (χ3v) is 2.00. The molecule has 3 aromatic heterocycles. The van der Waals surface area contributed by atoms with Gasteiger partial charge in [-0.2, -0.15) is 14.7 Å². The molecule has 7 nitrogen and oxygen atoms in total. The highest BCUT2D eigenvalue weighted by Crippen LogP contribution is 2.01. The Hall–Kier alpha value is -2.44. The van der Waals surface area contributed by atoms with Gasteiger partial charge in [0.25, 0.3) is 0 Å². The highest BCUT2D eigenvalue weighted by Gasteiger charge is 2.03. The number of fused-ring (bicyclic) bond motifs is 1. The molecule has 0 saturated carbocycles. The summed E-state index contributed by atoms with van der Waals surface area (Å²) in [5, 5.41) is 14.2. The molecule has 0 bridgehead atoms. The number of rotatable bonds is 1. The summed E-state index contributed by atoms with van der Waals surface area (Å²) in [5.74, 6) is 0.566. The second kappa shape index (κ2) is 2.77. The second-order valence-electron chi connectivity index (χ2n) is 2.94. The van der Waals surface area contributed by atoms with Crippen LogP contribution in [0, 0.1) is 0 Å². The molecule has 3 aromatic rings. The predicted molar refractivity (Wildman–Crippen MR) is 50.7 cm³/mol. The highest BCUT2D eigenvalue weighted by atomic mass is 16.2. The largest absolute Gasteiger partial charge is 0.364 e. The fourth-order valence-electron chi connectivity index (χ4n) is 1.32. The number of H-pyrrole nitrogens is 1. The van der Waals surface area contributed by atoms with Gasteiger partial charge in [-0.25, -0.2) is 14.6 Å². The van der Waals surface area contributed by atoms with Crippen molar-refractivity contribution in [2.24, 2.45) is 0 Å². The fourth-order valence-corrected chi connectivity index (χ4v) is 1.32. The van der Waals surface area contributed by atoms with Crippen molar-refractivity contribution < 1.29 is 0 Å². The van der Waals surface area contributed by atoms with Crippen LogP contribution in [-0.2, 0) is 0 Å². The van der Waals surface area contributed by atoms with E-state index in [0.717, 1.165) is 0 Å². The van der Waals surface area contributed by atoms with Gasteiger partial charge in [-0.05, 0) is 18.2 Å². The molecule has 7 heteroatoms. The first-order valence-corrected chi connectivity index (χ1v) is 4.29. The standard InChI is InChI=1S/C8H6N6O/c15-8-11-10-6-2-3-7(12-14(6)8)13-5-1-4-9-13/h1-5H,(H,11,15). The van der Waals surface area contributed by atoms with Gasteiger partial charge in [0, 0.05) is 12.4 Å². The summed E-state index contributed by atoms with van der Waals surface area (Å²) < 4.78 is 2.76.